The van der Waals surface area contributed by atoms with E-state index in [0.29, 0.717) is 17.8 Å². The van der Waals surface area contributed by atoms with Crippen molar-refractivity contribution in [3.05, 3.63) is 40.0 Å². The highest BCUT2D eigenvalue weighted by Gasteiger charge is 2.53. The maximum Gasteiger partial charge on any atom is 0.320 e. The lowest BCUT2D eigenvalue weighted by molar-refractivity contribution is -0.385. The number of nitrogens with zero attached hydrogens (tertiary/aromatic N) is 5. The molecule has 0 atom stereocenters. The molecule has 1 N–H and O–H groups in total. The van der Waals surface area contributed by atoms with Crippen molar-refractivity contribution in [3.8, 4) is 0 Å². The molecule has 0 radical (unpaired) electrons. The van der Waals surface area contributed by atoms with E-state index in [4.69, 9.17) is 0 Å². The molecule has 0 spiro atoms. The van der Waals surface area contributed by atoms with Gasteiger partial charge in [-0.1, -0.05) is 0 Å². The molecule has 6 rings (SSSR count). The van der Waals surface area contributed by atoms with Crippen LogP contribution in [0, 0.1) is 27.9 Å². The minimum absolute atomic E-state index is 0.0892. The maximum absolute atomic E-state index is 12.7. The molecule has 9 nitrogen and oxygen atoms in total. The minimum atomic E-state index is -0.510. The van der Waals surface area contributed by atoms with Crippen LogP contribution in [0.3, 0.4) is 0 Å². The molecule has 4 aliphatic rings. The zero-order valence-electron chi connectivity index (χ0n) is 16.6. The molecule has 0 aromatic carbocycles. The van der Waals surface area contributed by atoms with Crippen molar-refractivity contribution in [1.29, 1.82) is 0 Å². The Hall–Kier alpha value is -2.71. The van der Waals surface area contributed by atoms with Crippen LogP contribution in [0.2, 0.25) is 0 Å². The predicted octanol–water partition coefficient (Wildman–Crippen LogP) is 2.86. The summed E-state index contributed by atoms with van der Waals surface area (Å²) in [6.45, 7) is 2.99. The highest BCUT2D eigenvalue weighted by molar-refractivity contribution is 5.96. The number of carbonyl (C=O) groups is 1. The van der Waals surface area contributed by atoms with E-state index in [1.807, 2.05) is 13.1 Å². The summed E-state index contributed by atoms with van der Waals surface area (Å²) >= 11 is 0. The van der Waals surface area contributed by atoms with Crippen molar-refractivity contribution >= 4 is 11.6 Å². The van der Waals surface area contributed by atoms with Gasteiger partial charge in [0.15, 0.2) is 0 Å². The van der Waals surface area contributed by atoms with E-state index in [1.165, 1.54) is 25.5 Å². The van der Waals surface area contributed by atoms with E-state index in [2.05, 4.69) is 15.5 Å². The summed E-state index contributed by atoms with van der Waals surface area (Å²) in [7, 11) is 0. The van der Waals surface area contributed by atoms with Gasteiger partial charge in [0.2, 0.25) is 5.69 Å². The molecule has 4 fully saturated rings. The third-order valence-electron chi connectivity index (χ3n) is 7.06. The predicted molar refractivity (Wildman–Crippen MR) is 104 cm³/mol. The molecule has 9 heteroatoms. The first kappa shape index (κ1) is 18.3. The lowest BCUT2D eigenvalue weighted by Gasteiger charge is -2.56. The Morgan fingerprint density at radius 2 is 1.90 bits per heavy atom. The Morgan fingerprint density at radius 3 is 2.45 bits per heavy atom. The Morgan fingerprint density at radius 1 is 1.24 bits per heavy atom. The summed E-state index contributed by atoms with van der Waals surface area (Å²) in [5.74, 6) is 1.56. The lowest BCUT2D eigenvalue weighted by Crippen LogP contribution is -2.52. The Bertz CT molecular complexity index is 926. The molecule has 4 aliphatic carbocycles. The van der Waals surface area contributed by atoms with E-state index in [0.717, 1.165) is 31.4 Å². The molecule has 1 amide bonds. The van der Waals surface area contributed by atoms with Gasteiger partial charge in [-0.05, 0) is 63.2 Å². The third kappa shape index (κ3) is 3.12. The van der Waals surface area contributed by atoms with Crippen molar-refractivity contribution in [2.24, 2.45) is 17.8 Å². The zero-order chi connectivity index (χ0) is 20.2. The van der Waals surface area contributed by atoms with Crippen LogP contribution in [0.5, 0.6) is 0 Å². The van der Waals surface area contributed by atoms with Crippen molar-refractivity contribution < 1.29 is 9.72 Å². The summed E-state index contributed by atoms with van der Waals surface area (Å²) < 4.78 is 3.55. The number of nitrogens with one attached hydrogen (secondary N) is 1. The van der Waals surface area contributed by atoms with Crippen molar-refractivity contribution in [2.45, 2.75) is 64.1 Å². The number of aromatic nitrogens is 4. The molecule has 2 aromatic rings. The number of hydrogen-bond donors (Lipinski definition) is 1. The van der Waals surface area contributed by atoms with Crippen LogP contribution in [0.25, 0.3) is 0 Å². The fourth-order valence-corrected chi connectivity index (χ4v) is 6.19. The third-order valence-corrected chi connectivity index (χ3v) is 7.06. The van der Waals surface area contributed by atoms with Crippen LogP contribution in [-0.4, -0.2) is 30.4 Å². The standard InChI is InChI=1S/C20H26N6O3/c1-2-24-11-16(10-22-24)9-21-19(27)18-17(26(28)29)12-25(23-18)20-6-13-3-14(7-20)5-15(4-13)8-20/h10-15H,2-9H2,1H3,(H,21,27). The largest absolute Gasteiger partial charge is 0.346 e. The van der Waals surface area contributed by atoms with E-state index >= 15 is 0 Å². The first-order chi connectivity index (χ1) is 14.0. The summed E-state index contributed by atoms with van der Waals surface area (Å²) in [4.78, 5) is 23.9. The maximum atomic E-state index is 12.7. The van der Waals surface area contributed by atoms with Gasteiger partial charge < -0.3 is 5.32 Å². The molecule has 0 saturated heterocycles. The smallest absolute Gasteiger partial charge is 0.320 e. The van der Waals surface area contributed by atoms with Crippen molar-refractivity contribution in [3.63, 3.8) is 0 Å². The molecule has 0 aliphatic heterocycles. The average molecular weight is 398 g/mol. The van der Waals surface area contributed by atoms with Crippen LogP contribution in [0.15, 0.2) is 18.6 Å². The van der Waals surface area contributed by atoms with Gasteiger partial charge in [-0.25, -0.2) is 0 Å². The number of aryl methyl sites for hydroxylation is 1. The zero-order valence-corrected chi connectivity index (χ0v) is 16.6. The molecule has 0 unspecified atom stereocenters. The van der Waals surface area contributed by atoms with E-state index in [1.54, 1.807) is 15.6 Å². The highest BCUT2D eigenvalue weighted by Crippen LogP contribution is 2.58. The van der Waals surface area contributed by atoms with E-state index in [9.17, 15) is 14.9 Å². The molecule has 2 heterocycles. The van der Waals surface area contributed by atoms with Crippen LogP contribution in [0.4, 0.5) is 5.69 Å². The first-order valence-corrected chi connectivity index (χ1v) is 10.5. The van der Waals surface area contributed by atoms with Crippen LogP contribution in [-0.2, 0) is 18.6 Å². The number of rotatable bonds is 6. The topological polar surface area (TPSA) is 108 Å². The van der Waals surface area contributed by atoms with Crippen molar-refractivity contribution in [1.82, 2.24) is 24.9 Å². The van der Waals surface area contributed by atoms with Gasteiger partial charge in [0.25, 0.3) is 5.91 Å². The molecule has 4 bridgehead atoms. The van der Waals surface area contributed by atoms with Gasteiger partial charge in [0, 0.05) is 24.8 Å². The van der Waals surface area contributed by atoms with Gasteiger partial charge >= 0.3 is 5.69 Å². The summed E-state index contributed by atoms with van der Waals surface area (Å²) in [5, 5.41) is 23.1. The van der Waals surface area contributed by atoms with Gasteiger partial charge in [0.05, 0.1) is 16.7 Å². The number of carbonyl (C=O) groups excluding carboxylic acids is 1. The van der Waals surface area contributed by atoms with Gasteiger partial charge in [0.1, 0.15) is 6.20 Å². The van der Waals surface area contributed by atoms with Gasteiger partial charge in [-0.15, -0.1) is 0 Å². The number of nitro groups is 1. The fourth-order valence-electron chi connectivity index (χ4n) is 6.19. The lowest BCUT2D eigenvalue weighted by atomic mass is 9.53. The minimum Gasteiger partial charge on any atom is -0.346 e. The molecule has 29 heavy (non-hydrogen) atoms. The van der Waals surface area contributed by atoms with Crippen LogP contribution in [0.1, 0.15) is 61.5 Å². The quantitative estimate of drug-likeness (QED) is 0.595. The summed E-state index contributed by atoms with van der Waals surface area (Å²) in [6, 6.07) is 0. The second-order valence-corrected chi connectivity index (χ2v) is 9.09. The van der Waals surface area contributed by atoms with Gasteiger partial charge in [-0.3, -0.25) is 24.3 Å². The summed E-state index contributed by atoms with van der Waals surface area (Å²) in [5.41, 5.74) is 0.403. The van der Waals surface area contributed by atoms with Crippen molar-refractivity contribution in [2.75, 3.05) is 0 Å². The fraction of sp³-hybridized carbons (Fsp3) is 0.650. The molecular formula is C20H26N6O3. The van der Waals surface area contributed by atoms with Crippen LogP contribution < -0.4 is 5.32 Å². The Balaban J connectivity index is 1.39. The monoisotopic (exact) mass is 398 g/mol. The molecule has 2 aromatic heterocycles. The number of hydrogen-bond acceptors (Lipinski definition) is 5. The molecule has 154 valence electrons. The molecular weight excluding hydrogens is 372 g/mol. The second-order valence-electron chi connectivity index (χ2n) is 9.09. The number of amides is 1. The Labute approximate surface area is 168 Å². The average Bonchev–Trinajstić information content (AvgIpc) is 3.32. The highest BCUT2D eigenvalue weighted by atomic mass is 16.6. The van der Waals surface area contributed by atoms with E-state index in [-0.39, 0.29) is 23.5 Å². The van der Waals surface area contributed by atoms with Gasteiger partial charge in [-0.2, -0.15) is 10.2 Å². The second kappa shape index (κ2) is 6.67. The normalized spacial score (nSPS) is 29.9. The van der Waals surface area contributed by atoms with E-state index < -0.39 is 10.8 Å². The summed E-state index contributed by atoms with van der Waals surface area (Å²) in [6.07, 6.45) is 11.9. The first-order valence-electron chi connectivity index (χ1n) is 10.5. The Kier molecular flexibility index (Phi) is 4.22. The SMILES string of the molecule is CCn1cc(CNC(=O)c2nn(C34CC5CC(CC(C5)C3)C4)cc2[N+](=O)[O-])cn1. The molecule has 4 saturated carbocycles. The van der Waals surface area contributed by atoms with Crippen LogP contribution >= 0.6 is 0 Å².